The van der Waals surface area contributed by atoms with E-state index in [4.69, 9.17) is 4.42 Å². The Labute approximate surface area is 241 Å². The number of aromatic amines is 1. The van der Waals surface area contributed by atoms with E-state index < -0.39 is 33.4 Å². The first-order chi connectivity index (χ1) is 19.8. The minimum absolute atomic E-state index is 0.0469. The van der Waals surface area contributed by atoms with Crippen molar-refractivity contribution < 1.29 is 27.5 Å². The zero-order chi connectivity index (χ0) is 30.2. The summed E-state index contributed by atoms with van der Waals surface area (Å²) in [5.74, 6) is -1.12. The van der Waals surface area contributed by atoms with E-state index in [1.807, 2.05) is 6.07 Å². The lowest BCUT2D eigenvalue weighted by molar-refractivity contribution is -0.141. The van der Waals surface area contributed by atoms with Crippen LogP contribution in [0.3, 0.4) is 0 Å². The molecular formula is C29H28N6O6S. The fourth-order valence-electron chi connectivity index (χ4n) is 4.56. The summed E-state index contributed by atoms with van der Waals surface area (Å²) in [7, 11) is -4.06. The number of nitrogens with one attached hydrogen (secondary N) is 3. The van der Waals surface area contributed by atoms with Crippen LogP contribution in [0.25, 0.3) is 33.5 Å². The number of aliphatic carboxylic acids is 1. The Hall–Kier alpha value is -4.88. The summed E-state index contributed by atoms with van der Waals surface area (Å²) in [6, 6.07) is 17.2. The van der Waals surface area contributed by atoms with Crippen molar-refractivity contribution in [1.82, 2.24) is 25.3 Å². The third-order valence-corrected chi connectivity index (χ3v) is 8.21. The van der Waals surface area contributed by atoms with Gasteiger partial charge in [-0.25, -0.2) is 8.42 Å². The molecule has 0 saturated heterocycles. The Bertz CT molecular complexity index is 1870. The molecule has 0 unspecified atom stereocenters. The number of hydrogen-bond donors (Lipinski definition) is 4. The maximum absolute atomic E-state index is 13.1. The van der Waals surface area contributed by atoms with Gasteiger partial charge in [-0.2, -0.15) is 9.94 Å². The maximum atomic E-state index is 13.1. The second-order valence-corrected chi connectivity index (χ2v) is 12.5. The highest BCUT2D eigenvalue weighted by molar-refractivity contribution is 7.89. The minimum atomic E-state index is -4.06. The molecular weight excluding hydrogens is 560 g/mol. The minimum Gasteiger partial charge on any atom is -0.480 e. The van der Waals surface area contributed by atoms with Crippen LogP contribution in [0.5, 0.6) is 0 Å². The van der Waals surface area contributed by atoms with Crippen molar-refractivity contribution in [3.8, 4) is 22.5 Å². The van der Waals surface area contributed by atoms with Crippen LogP contribution in [0.2, 0.25) is 0 Å². The lowest BCUT2D eigenvalue weighted by atomic mass is 9.88. The molecule has 12 nitrogen and oxygen atoms in total. The number of carbonyl (C=O) groups is 2. The molecule has 2 heterocycles. The topological polar surface area (TPSA) is 180 Å². The van der Waals surface area contributed by atoms with Crippen LogP contribution in [0.15, 0.2) is 76.0 Å². The molecule has 13 heteroatoms. The van der Waals surface area contributed by atoms with E-state index >= 15 is 0 Å². The van der Waals surface area contributed by atoms with Crippen LogP contribution in [0, 0.1) is 12.3 Å². The standard InChI is InChI=1S/C29H28N6O6S/c1-16-23-21(26-31-34-35-32-26)6-5-7-22(23)41-24(16)27(36)30-19-12-8-17(9-13-19)18-10-14-20(15-11-18)42(39,40)33-25(28(37)38)29(2,3)4/h5-15,25,33H,1-4H3,(H,30,36)(H,37,38)(H,31,32,34,35)/t25-/m1/s1. The smallest absolute Gasteiger partial charge is 0.322 e. The van der Waals surface area contributed by atoms with E-state index in [0.29, 0.717) is 28.2 Å². The number of rotatable bonds is 8. The largest absolute Gasteiger partial charge is 0.480 e. The number of sulfonamides is 1. The number of aryl methyl sites for hydroxylation is 1. The quantitative estimate of drug-likeness (QED) is 0.201. The monoisotopic (exact) mass is 588 g/mol. The van der Waals surface area contributed by atoms with E-state index in [-0.39, 0.29) is 10.7 Å². The van der Waals surface area contributed by atoms with Gasteiger partial charge in [0.25, 0.3) is 5.91 Å². The zero-order valence-corrected chi connectivity index (χ0v) is 24.0. The van der Waals surface area contributed by atoms with E-state index in [1.54, 1.807) is 76.2 Å². The molecule has 0 saturated carbocycles. The van der Waals surface area contributed by atoms with Gasteiger partial charge in [-0.1, -0.05) is 57.2 Å². The van der Waals surface area contributed by atoms with Gasteiger partial charge in [0.15, 0.2) is 5.76 Å². The number of fused-ring (bicyclic) bond motifs is 1. The molecule has 5 aromatic rings. The predicted molar refractivity (Wildman–Crippen MR) is 155 cm³/mol. The Morgan fingerprint density at radius 1 is 0.976 bits per heavy atom. The van der Waals surface area contributed by atoms with Crippen LogP contribution in [0.4, 0.5) is 5.69 Å². The molecule has 42 heavy (non-hydrogen) atoms. The van der Waals surface area contributed by atoms with Crippen LogP contribution >= 0.6 is 0 Å². The highest BCUT2D eigenvalue weighted by atomic mass is 32.2. The summed E-state index contributed by atoms with van der Waals surface area (Å²) in [4.78, 5) is 24.7. The van der Waals surface area contributed by atoms with E-state index in [1.165, 1.54) is 12.1 Å². The molecule has 1 amide bonds. The second kappa shape index (κ2) is 10.8. The number of nitrogens with zero attached hydrogens (tertiary/aromatic N) is 3. The van der Waals surface area contributed by atoms with Crippen molar-refractivity contribution in [3.63, 3.8) is 0 Å². The number of H-pyrrole nitrogens is 1. The van der Waals surface area contributed by atoms with Crippen LogP contribution in [-0.4, -0.2) is 52.1 Å². The summed E-state index contributed by atoms with van der Waals surface area (Å²) in [5, 5.41) is 27.1. The molecule has 0 spiro atoms. The molecule has 1 atom stereocenters. The molecule has 0 aliphatic heterocycles. The summed E-state index contributed by atoms with van der Waals surface area (Å²) in [6.07, 6.45) is 0. The van der Waals surface area contributed by atoms with Gasteiger partial charge in [-0.05, 0) is 59.0 Å². The number of hydrogen-bond acceptors (Lipinski definition) is 8. The summed E-state index contributed by atoms with van der Waals surface area (Å²) in [6.45, 7) is 6.73. The molecule has 4 N–H and O–H groups in total. The average molecular weight is 589 g/mol. The van der Waals surface area contributed by atoms with Crippen molar-refractivity contribution >= 4 is 38.6 Å². The number of furan rings is 1. The van der Waals surface area contributed by atoms with Gasteiger partial charge in [0.2, 0.25) is 15.8 Å². The number of carboxylic acid groups (broad SMARTS) is 1. The van der Waals surface area contributed by atoms with Gasteiger partial charge in [0, 0.05) is 22.2 Å². The fraction of sp³-hybridized carbons (Fsp3) is 0.207. The highest BCUT2D eigenvalue weighted by Gasteiger charge is 2.35. The number of aromatic nitrogens is 4. The molecule has 0 bridgehead atoms. The summed E-state index contributed by atoms with van der Waals surface area (Å²) in [5.41, 5.74) is 3.09. The second-order valence-electron chi connectivity index (χ2n) is 10.8. The number of amides is 1. The van der Waals surface area contributed by atoms with Gasteiger partial charge in [-0.15, -0.1) is 10.2 Å². The lowest BCUT2D eigenvalue weighted by Crippen LogP contribution is -2.48. The van der Waals surface area contributed by atoms with Crippen molar-refractivity contribution in [2.75, 3.05) is 5.32 Å². The first kappa shape index (κ1) is 28.6. The molecule has 3 aromatic carbocycles. The molecule has 216 valence electrons. The van der Waals surface area contributed by atoms with Crippen molar-refractivity contribution in [3.05, 3.63) is 78.1 Å². The third kappa shape index (κ3) is 5.64. The van der Waals surface area contributed by atoms with Gasteiger partial charge < -0.3 is 14.8 Å². The number of carbonyl (C=O) groups excluding carboxylic acids is 1. The lowest BCUT2D eigenvalue weighted by Gasteiger charge is -2.27. The number of carboxylic acids is 1. The van der Waals surface area contributed by atoms with Gasteiger partial charge >= 0.3 is 5.97 Å². The fourth-order valence-corrected chi connectivity index (χ4v) is 5.96. The Balaban J connectivity index is 1.31. The number of tetrazole rings is 1. The van der Waals surface area contributed by atoms with Crippen LogP contribution in [0.1, 0.15) is 36.9 Å². The number of anilines is 1. The van der Waals surface area contributed by atoms with Crippen molar-refractivity contribution in [2.45, 2.75) is 38.6 Å². The first-order valence-electron chi connectivity index (χ1n) is 12.9. The van der Waals surface area contributed by atoms with E-state index in [0.717, 1.165) is 16.5 Å². The van der Waals surface area contributed by atoms with Crippen LogP contribution < -0.4 is 10.0 Å². The summed E-state index contributed by atoms with van der Waals surface area (Å²) >= 11 is 0. The molecule has 2 aromatic heterocycles. The maximum Gasteiger partial charge on any atom is 0.322 e. The van der Waals surface area contributed by atoms with Crippen molar-refractivity contribution in [1.29, 1.82) is 0 Å². The first-order valence-corrected chi connectivity index (χ1v) is 14.4. The Kier molecular flexibility index (Phi) is 7.39. The van der Waals surface area contributed by atoms with Crippen molar-refractivity contribution in [2.24, 2.45) is 5.41 Å². The summed E-state index contributed by atoms with van der Waals surface area (Å²) < 4.78 is 33.8. The average Bonchev–Trinajstić information content (AvgIpc) is 3.60. The molecule has 0 aliphatic carbocycles. The van der Waals surface area contributed by atoms with E-state index in [9.17, 15) is 23.1 Å². The van der Waals surface area contributed by atoms with Gasteiger partial charge in [0.1, 0.15) is 11.6 Å². The predicted octanol–water partition coefficient (Wildman–Crippen LogP) is 4.62. The number of benzene rings is 3. The highest BCUT2D eigenvalue weighted by Crippen LogP contribution is 2.33. The molecule has 0 aliphatic rings. The zero-order valence-electron chi connectivity index (χ0n) is 23.2. The Morgan fingerprint density at radius 3 is 2.19 bits per heavy atom. The molecule has 0 radical (unpaired) electrons. The molecule has 5 rings (SSSR count). The van der Waals surface area contributed by atoms with Gasteiger partial charge in [-0.3, -0.25) is 9.59 Å². The normalized spacial score (nSPS) is 12.8. The Morgan fingerprint density at radius 2 is 1.62 bits per heavy atom. The van der Waals surface area contributed by atoms with Gasteiger partial charge in [0.05, 0.1) is 4.90 Å². The SMILES string of the molecule is Cc1c(C(=O)Nc2ccc(-c3ccc(S(=O)(=O)N[C@H](C(=O)O)C(C)(C)C)cc3)cc2)oc2cccc(-c3nn[nH]n3)c12. The molecule has 0 fully saturated rings. The third-order valence-electron chi connectivity index (χ3n) is 6.77. The van der Waals surface area contributed by atoms with Crippen LogP contribution in [-0.2, 0) is 14.8 Å². The van der Waals surface area contributed by atoms with E-state index in [2.05, 4.69) is 30.7 Å².